The summed E-state index contributed by atoms with van der Waals surface area (Å²) in [5.41, 5.74) is -3.76. The number of aliphatic carboxylic acids is 1. The van der Waals surface area contributed by atoms with Gasteiger partial charge in [-0.05, 0) is 0 Å². The monoisotopic (exact) mass is 376 g/mol. The average molecular weight is 376 g/mol. The van der Waals surface area contributed by atoms with Crippen molar-refractivity contribution in [3.8, 4) is 0 Å². The van der Waals surface area contributed by atoms with Crippen LogP contribution in [0.3, 0.4) is 0 Å². The van der Waals surface area contributed by atoms with Gasteiger partial charge in [-0.1, -0.05) is 0 Å². The van der Waals surface area contributed by atoms with Crippen LogP contribution in [0.15, 0.2) is 0 Å². The Morgan fingerprint density at radius 2 is 1.04 bits per heavy atom. The smallest absolute Gasteiger partial charge is 0.341 e. The van der Waals surface area contributed by atoms with E-state index in [4.69, 9.17) is 20.4 Å². The van der Waals surface area contributed by atoms with Gasteiger partial charge in [0.25, 0.3) is 0 Å². The highest BCUT2D eigenvalue weighted by Crippen LogP contribution is 2.25. The summed E-state index contributed by atoms with van der Waals surface area (Å²) in [5.74, 6) is -2.39. The van der Waals surface area contributed by atoms with E-state index in [9.17, 15) is 45.6 Å². The maximum atomic E-state index is 11.2. The fraction of sp³-hybridized carbons (Fsp3) is 0.917. The van der Waals surface area contributed by atoms with Crippen molar-refractivity contribution in [3.05, 3.63) is 0 Å². The summed E-state index contributed by atoms with van der Waals surface area (Å²) in [6.45, 7) is -2.23. The van der Waals surface area contributed by atoms with Gasteiger partial charge in [-0.15, -0.1) is 0 Å². The molecule has 0 heterocycles. The largest absolute Gasteiger partial charge is 0.479 e. The molecule has 0 saturated heterocycles. The summed E-state index contributed by atoms with van der Waals surface area (Å²) in [7, 11) is 0. The van der Waals surface area contributed by atoms with Crippen molar-refractivity contribution in [1.82, 2.24) is 0 Å². The Morgan fingerprint density at radius 1 is 0.680 bits per heavy atom. The minimum atomic E-state index is -3.76. The van der Waals surface area contributed by atoms with E-state index in [1.165, 1.54) is 0 Å². The topological polar surface area (TPSA) is 260 Å². The highest BCUT2D eigenvalue weighted by Gasteiger charge is 2.57. The van der Waals surface area contributed by atoms with Gasteiger partial charge in [0.15, 0.2) is 0 Å². The van der Waals surface area contributed by atoms with Gasteiger partial charge in [0, 0.05) is 0 Å². The van der Waals surface area contributed by atoms with Gasteiger partial charge in [0.05, 0.1) is 13.2 Å². The van der Waals surface area contributed by atoms with E-state index in [2.05, 4.69) is 0 Å². The van der Waals surface area contributed by atoms with Crippen molar-refractivity contribution >= 4 is 5.97 Å². The van der Waals surface area contributed by atoms with E-state index in [1.807, 2.05) is 0 Å². The third-order valence-electron chi connectivity index (χ3n) is 3.75. The molecule has 0 saturated carbocycles. The molecule has 0 aliphatic rings. The number of carboxylic acid groups (broad SMARTS) is 1. The molecule has 5 unspecified atom stereocenters. The molecule has 0 aliphatic heterocycles. The van der Waals surface area contributed by atoms with Gasteiger partial charge in [0.1, 0.15) is 48.8 Å². The molecule has 0 bridgehead atoms. The van der Waals surface area contributed by atoms with Crippen LogP contribution in [-0.4, -0.2) is 135 Å². The minimum Gasteiger partial charge on any atom is -0.479 e. The van der Waals surface area contributed by atoms with Gasteiger partial charge in [-0.25, -0.2) is 4.79 Å². The first-order valence-electron chi connectivity index (χ1n) is 6.99. The zero-order valence-corrected chi connectivity index (χ0v) is 12.8. The van der Waals surface area contributed by atoms with E-state index in [0.29, 0.717) is 0 Å². The van der Waals surface area contributed by atoms with Crippen molar-refractivity contribution < 1.29 is 66.1 Å². The number of hydrogen-bond donors (Lipinski definition) is 12. The number of aliphatic hydroxyl groups excluding tert-OH is 10. The maximum Gasteiger partial charge on any atom is 0.341 e. The number of aliphatic hydroxyl groups is 11. The lowest BCUT2D eigenvalue weighted by Gasteiger charge is -2.39. The van der Waals surface area contributed by atoms with Crippen LogP contribution in [0.1, 0.15) is 0 Å². The van der Waals surface area contributed by atoms with Gasteiger partial charge in [-0.3, -0.25) is 0 Å². The highest BCUT2D eigenvalue weighted by atomic mass is 16.5. The lowest BCUT2D eigenvalue weighted by Crippen LogP contribution is -2.68. The summed E-state index contributed by atoms with van der Waals surface area (Å²) in [5, 5.41) is 113. The Kier molecular flexibility index (Phi) is 9.28. The third-order valence-corrected chi connectivity index (χ3v) is 3.75. The van der Waals surface area contributed by atoms with Crippen LogP contribution < -0.4 is 0 Å². The Morgan fingerprint density at radius 3 is 1.40 bits per heavy atom. The molecule has 0 aromatic carbocycles. The molecule has 12 N–H and O–H groups in total. The molecule has 13 nitrogen and oxygen atoms in total. The zero-order valence-electron chi connectivity index (χ0n) is 12.8. The first kappa shape index (κ1) is 24.0. The first-order valence-corrected chi connectivity index (χ1v) is 6.99. The number of carbonyl (C=O) groups is 1. The van der Waals surface area contributed by atoms with Crippen molar-refractivity contribution in [2.75, 3.05) is 13.2 Å². The summed E-state index contributed by atoms with van der Waals surface area (Å²) in [4.78, 5) is 11.2. The van der Waals surface area contributed by atoms with Crippen LogP contribution >= 0.6 is 0 Å². The molecule has 150 valence electrons. The Balaban J connectivity index is 5.60. The summed E-state index contributed by atoms with van der Waals surface area (Å²) < 4.78 is 0. The summed E-state index contributed by atoms with van der Waals surface area (Å²) in [6, 6.07) is 0. The lowest BCUT2D eigenvalue weighted by atomic mass is 9.81. The van der Waals surface area contributed by atoms with Crippen LogP contribution in [-0.2, 0) is 4.79 Å². The second-order valence-electron chi connectivity index (χ2n) is 5.48. The van der Waals surface area contributed by atoms with Crippen molar-refractivity contribution in [3.63, 3.8) is 0 Å². The average Bonchev–Trinajstić information content (AvgIpc) is 2.61. The lowest BCUT2D eigenvalue weighted by molar-refractivity contribution is -0.238. The molecule has 0 amide bonds. The quantitative estimate of drug-likeness (QED) is 0.160. The Bertz CT molecular complexity index is 420. The molecule has 0 fully saturated rings. The predicted octanol–water partition coefficient (Wildman–Crippen LogP) is -7.33. The molecule has 0 aromatic rings. The third kappa shape index (κ3) is 5.02. The van der Waals surface area contributed by atoms with Crippen LogP contribution in [0.4, 0.5) is 0 Å². The molecule has 25 heavy (non-hydrogen) atoms. The van der Waals surface area contributed by atoms with Crippen LogP contribution in [0, 0.1) is 0 Å². The number of hydrogen-bond acceptors (Lipinski definition) is 12. The normalized spacial score (nSPS) is 24.3. The fourth-order valence-electron chi connectivity index (χ4n) is 1.99. The van der Waals surface area contributed by atoms with Gasteiger partial charge in [-0.2, -0.15) is 0 Å². The number of rotatable bonds is 11. The van der Waals surface area contributed by atoms with Gasteiger partial charge < -0.3 is 61.3 Å². The molecule has 0 rings (SSSR count). The first-order chi connectivity index (χ1) is 11.4. The SMILES string of the molecule is O=C(O)C(O)(C(O)C(O)C(O)CO)C(O)[C@H](O)[C@H](O)[C@H](O)[C@H](O)CO. The van der Waals surface area contributed by atoms with Crippen molar-refractivity contribution in [2.24, 2.45) is 0 Å². The molecule has 9 atom stereocenters. The second-order valence-corrected chi connectivity index (χ2v) is 5.48. The molecule has 0 aliphatic carbocycles. The van der Waals surface area contributed by atoms with Gasteiger partial charge >= 0.3 is 5.97 Å². The second kappa shape index (κ2) is 9.65. The van der Waals surface area contributed by atoms with E-state index in [-0.39, 0.29) is 0 Å². The Hall–Kier alpha value is -0.970. The van der Waals surface area contributed by atoms with Gasteiger partial charge in [0.2, 0.25) is 5.60 Å². The summed E-state index contributed by atoms with van der Waals surface area (Å²) >= 11 is 0. The van der Waals surface area contributed by atoms with Crippen LogP contribution in [0.2, 0.25) is 0 Å². The molecule has 0 aromatic heterocycles. The molecule has 0 spiro atoms. The van der Waals surface area contributed by atoms with E-state index in [0.717, 1.165) is 0 Å². The molecule has 13 heteroatoms. The zero-order chi connectivity index (χ0) is 20.1. The minimum absolute atomic E-state index is 1.08. The predicted molar refractivity (Wildman–Crippen MR) is 74.8 cm³/mol. The fourth-order valence-corrected chi connectivity index (χ4v) is 1.99. The standard InChI is InChI=1S/C12H24O13/c13-1-3(15)5(17)7(19)8(20)10(22)12(25,11(23)24)9(21)6(18)4(16)2-14/h3-10,13-22,25H,1-2H2,(H,23,24)/t3-,4?,5-,6?,7-,8-,9?,10?,12?/m1/s1. The van der Waals surface area contributed by atoms with E-state index < -0.39 is 73.6 Å². The molecule has 0 radical (unpaired) electrons. The molecular formula is C12H24O13. The molecular weight excluding hydrogens is 352 g/mol. The summed E-state index contributed by atoms with van der Waals surface area (Å²) in [6.07, 6.45) is -19.9. The Labute approximate surface area is 140 Å². The maximum absolute atomic E-state index is 11.2. The van der Waals surface area contributed by atoms with Crippen molar-refractivity contribution in [1.29, 1.82) is 0 Å². The van der Waals surface area contributed by atoms with E-state index >= 15 is 0 Å². The number of carboxylic acids is 1. The van der Waals surface area contributed by atoms with Crippen LogP contribution in [0.5, 0.6) is 0 Å². The van der Waals surface area contributed by atoms with Crippen molar-refractivity contribution in [2.45, 2.75) is 54.4 Å². The van der Waals surface area contributed by atoms with E-state index in [1.54, 1.807) is 0 Å². The highest BCUT2D eigenvalue weighted by molar-refractivity contribution is 5.79. The van der Waals surface area contributed by atoms with Crippen LogP contribution in [0.25, 0.3) is 0 Å².